The van der Waals surface area contributed by atoms with Gasteiger partial charge in [-0.3, -0.25) is 0 Å². The Kier molecular flexibility index (Phi) is 1.96. The monoisotopic (exact) mass is 192 g/mol. The molecule has 0 radical (unpaired) electrons. The molecule has 0 fully saturated rings. The van der Waals surface area contributed by atoms with Gasteiger partial charge < -0.3 is 4.98 Å². The number of thiazole rings is 1. The van der Waals surface area contributed by atoms with Gasteiger partial charge in [0.1, 0.15) is 0 Å². The number of hydrogen-bond donors (Lipinski definition) is 1. The van der Waals surface area contributed by atoms with Crippen molar-refractivity contribution in [1.29, 1.82) is 0 Å². The van der Waals surface area contributed by atoms with Crippen LogP contribution in [0.25, 0.3) is 11.3 Å². The predicted octanol–water partition coefficient (Wildman–Crippen LogP) is 3.06. The van der Waals surface area contributed by atoms with E-state index >= 15 is 0 Å². The summed E-state index contributed by atoms with van der Waals surface area (Å²) in [5.41, 5.74) is 4.70. The predicted molar refractivity (Wildman–Crippen MR) is 56.1 cm³/mol. The second-order valence-electron chi connectivity index (χ2n) is 3.24. The largest absolute Gasteiger partial charge is 0.362 e. The van der Waals surface area contributed by atoms with Gasteiger partial charge in [-0.05, 0) is 26.8 Å². The standard InChI is InChI=1S/C10H12N2S/c1-6-4-9(7(2)11-6)10-5-13-8(3)12-10/h4-5,11H,1-3H3. The Labute approximate surface area is 81.7 Å². The van der Waals surface area contributed by atoms with E-state index in [0.717, 1.165) is 10.7 Å². The van der Waals surface area contributed by atoms with Crippen LogP contribution in [0, 0.1) is 20.8 Å². The quantitative estimate of drug-likeness (QED) is 0.739. The molecule has 68 valence electrons. The molecule has 0 aliphatic heterocycles. The van der Waals surface area contributed by atoms with Crippen LogP contribution in [0.2, 0.25) is 0 Å². The van der Waals surface area contributed by atoms with Gasteiger partial charge in [0.05, 0.1) is 10.7 Å². The van der Waals surface area contributed by atoms with E-state index in [2.05, 4.69) is 35.3 Å². The zero-order chi connectivity index (χ0) is 9.42. The SMILES string of the molecule is Cc1cc(-c2csc(C)n2)c(C)[nH]1. The smallest absolute Gasteiger partial charge is 0.0901 e. The minimum atomic E-state index is 1.09. The number of aryl methyl sites for hydroxylation is 3. The van der Waals surface area contributed by atoms with Crippen molar-refractivity contribution >= 4 is 11.3 Å². The van der Waals surface area contributed by atoms with Crippen LogP contribution in [-0.2, 0) is 0 Å². The van der Waals surface area contributed by atoms with Crippen LogP contribution >= 0.6 is 11.3 Å². The van der Waals surface area contributed by atoms with Gasteiger partial charge in [-0.1, -0.05) is 0 Å². The Balaban J connectivity index is 2.51. The molecule has 0 saturated carbocycles. The van der Waals surface area contributed by atoms with Gasteiger partial charge in [0.15, 0.2) is 0 Å². The third kappa shape index (κ3) is 1.52. The fraction of sp³-hybridized carbons (Fsp3) is 0.300. The molecule has 0 saturated heterocycles. The summed E-state index contributed by atoms with van der Waals surface area (Å²) in [7, 11) is 0. The Bertz CT molecular complexity index is 426. The van der Waals surface area contributed by atoms with Crippen LogP contribution in [0.5, 0.6) is 0 Å². The summed E-state index contributed by atoms with van der Waals surface area (Å²) in [5.74, 6) is 0. The highest BCUT2D eigenvalue weighted by Gasteiger charge is 2.07. The van der Waals surface area contributed by atoms with Crippen molar-refractivity contribution in [1.82, 2.24) is 9.97 Å². The molecule has 0 bridgehead atoms. The minimum Gasteiger partial charge on any atom is -0.362 e. The number of hydrogen-bond acceptors (Lipinski definition) is 2. The van der Waals surface area contributed by atoms with Crippen LogP contribution < -0.4 is 0 Å². The molecule has 2 nitrogen and oxygen atoms in total. The first-order valence-electron chi connectivity index (χ1n) is 4.25. The maximum Gasteiger partial charge on any atom is 0.0901 e. The highest BCUT2D eigenvalue weighted by molar-refractivity contribution is 7.09. The Morgan fingerprint density at radius 3 is 2.54 bits per heavy atom. The van der Waals surface area contributed by atoms with Crippen LogP contribution in [0.15, 0.2) is 11.4 Å². The zero-order valence-electron chi connectivity index (χ0n) is 8.01. The fourth-order valence-electron chi connectivity index (χ4n) is 1.48. The maximum atomic E-state index is 4.45. The highest BCUT2D eigenvalue weighted by atomic mass is 32.1. The molecular weight excluding hydrogens is 180 g/mol. The van der Waals surface area contributed by atoms with E-state index in [-0.39, 0.29) is 0 Å². The summed E-state index contributed by atoms with van der Waals surface area (Å²) in [4.78, 5) is 7.73. The first kappa shape index (κ1) is 8.51. The molecular formula is C10H12N2S. The van der Waals surface area contributed by atoms with Crippen LogP contribution in [0.3, 0.4) is 0 Å². The Morgan fingerprint density at radius 2 is 2.08 bits per heavy atom. The summed E-state index contributed by atoms with van der Waals surface area (Å²) < 4.78 is 0. The van der Waals surface area contributed by atoms with Crippen molar-refractivity contribution in [3.8, 4) is 11.3 Å². The first-order valence-corrected chi connectivity index (χ1v) is 5.13. The van der Waals surface area contributed by atoms with Gasteiger partial charge in [-0.2, -0.15) is 0 Å². The molecule has 0 atom stereocenters. The lowest BCUT2D eigenvalue weighted by Crippen LogP contribution is -1.78. The zero-order valence-corrected chi connectivity index (χ0v) is 8.83. The van der Waals surface area contributed by atoms with Gasteiger partial charge in [-0.25, -0.2) is 4.98 Å². The van der Waals surface area contributed by atoms with Gasteiger partial charge in [0.2, 0.25) is 0 Å². The van der Waals surface area contributed by atoms with Crippen LogP contribution in [-0.4, -0.2) is 9.97 Å². The molecule has 3 heteroatoms. The summed E-state index contributed by atoms with van der Waals surface area (Å²) >= 11 is 1.69. The van der Waals surface area contributed by atoms with E-state index in [1.807, 2.05) is 6.92 Å². The lowest BCUT2D eigenvalue weighted by molar-refractivity contribution is 1.19. The second-order valence-corrected chi connectivity index (χ2v) is 4.31. The molecule has 2 aromatic heterocycles. The number of nitrogens with zero attached hydrogens (tertiary/aromatic N) is 1. The lowest BCUT2D eigenvalue weighted by atomic mass is 10.2. The molecule has 0 aliphatic carbocycles. The molecule has 13 heavy (non-hydrogen) atoms. The average Bonchev–Trinajstić information content (AvgIpc) is 2.58. The van der Waals surface area contributed by atoms with E-state index in [1.165, 1.54) is 17.0 Å². The van der Waals surface area contributed by atoms with Crippen LogP contribution in [0.1, 0.15) is 16.4 Å². The van der Waals surface area contributed by atoms with Gasteiger partial charge in [0.25, 0.3) is 0 Å². The van der Waals surface area contributed by atoms with Crippen molar-refractivity contribution in [2.24, 2.45) is 0 Å². The van der Waals surface area contributed by atoms with Crippen molar-refractivity contribution in [3.05, 3.63) is 27.8 Å². The third-order valence-corrected chi connectivity index (χ3v) is 2.82. The number of nitrogens with one attached hydrogen (secondary N) is 1. The summed E-state index contributed by atoms with van der Waals surface area (Å²) in [6, 6.07) is 2.14. The van der Waals surface area contributed by atoms with Crippen molar-refractivity contribution in [2.45, 2.75) is 20.8 Å². The van der Waals surface area contributed by atoms with Gasteiger partial charge in [0, 0.05) is 22.3 Å². The topological polar surface area (TPSA) is 28.7 Å². The molecule has 2 heterocycles. The fourth-order valence-corrected chi connectivity index (χ4v) is 2.09. The molecule has 0 aliphatic rings. The van der Waals surface area contributed by atoms with E-state index in [9.17, 15) is 0 Å². The first-order chi connectivity index (χ1) is 6.16. The number of H-pyrrole nitrogens is 1. The normalized spacial score (nSPS) is 10.7. The minimum absolute atomic E-state index is 1.09. The summed E-state index contributed by atoms with van der Waals surface area (Å²) in [6.45, 7) is 6.18. The number of rotatable bonds is 1. The molecule has 2 aromatic rings. The lowest BCUT2D eigenvalue weighted by Gasteiger charge is -1.91. The Morgan fingerprint density at radius 1 is 1.31 bits per heavy atom. The maximum absolute atomic E-state index is 4.45. The second kappa shape index (κ2) is 3.00. The third-order valence-electron chi connectivity index (χ3n) is 2.04. The molecule has 1 N–H and O–H groups in total. The van der Waals surface area contributed by atoms with Crippen molar-refractivity contribution in [2.75, 3.05) is 0 Å². The van der Waals surface area contributed by atoms with Crippen molar-refractivity contribution in [3.63, 3.8) is 0 Å². The van der Waals surface area contributed by atoms with E-state index < -0.39 is 0 Å². The summed E-state index contributed by atoms with van der Waals surface area (Å²) in [6.07, 6.45) is 0. The molecule has 2 rings (SSSR count). The van der Waals surface area contributed by atoms with E-state index in [0.29, 0.717) is 0 Å². The average molecular weight is 192 g/mol. The molecule has 0 unspecified atom stereocenters. The number of aromatic amines is 1. The highest BCUT2D eigenvalue weighted by Crippen LogP contribution is 2.25. The molecule has 0 amide bonds. The summed E-state index contributed by atoms with van der Waals surface area (Å²) in [5, 5.41) is 3.22. The van der Waals surface area contributed by atoms with Gasteiger partial charge in [-0.15, -0.1) is 11.3 Å². The van der Waals surface area contributed by atoms with Gasteiger partial charge >= 0.3 is 0 Å². The van der Waals surface area contributed by atoms with Crippen LogP contribution in [0.4, 0.5) is 0 Å². The van der Waals surface area contributed by atoms with E-state index in [4.69, 9.17) is 0 Å². The molecule has 0 spiro atoms. The van der Waals surface area contributed by atoms with Crippen molar-refractivity contribution < 1.29 is 0 Å². The number of aromatic nitrogens is 2. The molecule has 0 aromatic carbocycles. The van der Waals surface area contributed by atoms with E-state index in [1.54, 1.807) is 11.3 Å². The Hall–Kier alpha value is -1.09.